The van der Waals surface area contributed by atoms with Crippen molar-refractivity contribution in [2.24, 2.45) is 0 Å². The van der Waals surface area contributed by atoms with Gasteiger partial charge in [0.05, 0.1) is 11.6 Å². The summed E-state index contributed by atoms with van der Waals surface area (Å²) >= 11 is 5.72. The van der Waals surface area contributed by atoms with Crippen LogP contribution in [0.25, 0.3) is 0 Å². The Morgan fingerprint density at radius 3 is 2.38 bits per heavy atom. The molecule has 3 nitrogen and oxygen atoms in total. The maximum Gasteiger partial charge on any atom is 0.305 e. The lowest BCUT2D eigenvalue weighted by Gasteiger charge is -2.05. The molecule has 0 heterocycles. The van der Waals surface area contributed by atoms with Crippen LogP contribution in [0.4, 0.5) is 8.78 Å². The molecule has 1 rings (SSSR count). The van der Waals surface area contributed by atoms with Crippen molar-refractivity contribution < 1.29 is 23.1 Å². The number of hydrogen-bond acceptors (Lipinski definition) is 3. The minimum Gasteiger partial charge on any atom is -0.466 e. The first kappa shape index (κ1) is 17.6. The van der Waals surface area contributed by atoms with Gasteiger partial charge >= 0.3 is 5.97 Å². The van der Waals surface area contributed by atoms with Crippen molar-refractivity contribution in [3.63, 3.8) is 0 Å². The Bertz CT molecular complexity index is 518. The van der Waals surface area contributed by atoms with Crippen LogP contribution in [0.2, 0.25) is 5.02 Å². The van der Waals surface area contributed by atoms with Crippen LogP contribution in [0, 0.1) is 11.6 Å². The molecule has 0 aliphatic rings. The Morgan fingerprint density at radius 1 is 1.10 bits per heavy atom. The van der Waals surface area contributed by atoms with E-state index in [4.69, 9.17) is 16.3 Å². The quantitative estimate of drug-likeness (QED) is 0.310. The van der Waals surface area contributed by atoms with Gasteiger partial charge < -0.3 is 4.74 Å². The van der Waals surface area contributed by atoms with Crippen molar-refractivity contribution in [2.75, 3.05) is 6.61 Å². The molecule has 0 aromatic heterocycles. The fourth-order valence-corrected chi connectivity index (χ4v) is 2.09. The highest BCUT2D eigenvalue weighted by Gasteiger charge is 2.14. The average molecular weight is 319 g/mol. The molecule has 0 N–H and O–H groups in total. The normalized spacial score (nSPS) is 10.5. The zero-order chi connectivity index (χ0) is 15.8. The molecule has 0 amide bonds. The number of Topliss-reactive ketones (excluding diaryl/α,β-unsaturated/α-hetero) is 1. The molecule has 1 aromatic rings. The minimum absolute atomic E-state index is 0.0130. The van der Waals surface area contributed by atoms with Gasteiger partial charge in [0.25, 0.3) is 0 Å². The number of ketones is 1. The van der Waals surface area contributed by atoms with Gasteiger partial charge in [-0.25, -0.2) is 8.78 Å². The van der Waals surface area contributed by atoms with E-state index < -0.39 is 11.6 Å². The number of halogens is 3. The third-order valence-electron chi connectivity index (χ3n) is 2.90. The summed E-state index contributed by atoms with van der Waals surface area (Å²) in [6.45, 7) is 2.09. The zero-order valence-electron chi connectivity index (χ0n) is 11.8. The molecule has 0 atom stereocenters. The predicted octanol–water partition coefficient (Wildman–Crippen LogP) is 4.31. The van der Waals surface area contributed by atoms with E-state index in [9.17, 15) is 18.4 Å². The molecule has 0 fully saturated rings. The summed E-state index contributed by atoms with van der Waals surface area (Å²) in [5.74, 6) is -2.77. The minimum atomic E-state index is -1.09. The Labute approximate surface area is 127 Å². The highest BCUT2D eigenvalue weighted by molar-refractivity contribution is 6.33. The molecule has 0 bridgehead atoms. The van der Waals surface area contributed by atoms with Gasteiger partial charge in [-0.3, -0.25) is 9.59 Å². The monoisotopic (exact) mass is 318 g/mol. The van der Waals surface area contributed by atoms with Gasteiger partial charge in [-0.15, -0.1) is 0 Å². The van der Waals surface area contributed by atoms with Crippen LogP contribution in [0.1, 0.15) is 49.4 Å². The summed E-state index contributed by atoms with van der Waals surface area (Å²) in [6, 6.07) is 1.61. The summed E-state index contributed by atoms with van der Waals surface area (Å²) < 4.78 is 30.8. The molecule has 1 aromatic carbocycles. The standard InChI is InChI=1S/C15H17ClF2O3/c1-2-21-15(20)7-5-3-4-6-14(19)10-8-12(17)13(18)9-11(10)16/h8-9H,2-7H2,1H3. The molecule has 116 valence electrons. The Kier molecular flexibility index (Phi) is 7.29. The van der Waals surface area contributed by atoms with Gasteiger partial charge in [0, 0.05) is 18.4 Å². The van der Waals surface area contributed by atoms with Gasteiger partial charge in [0.1, 0.15) is 0 Å². The summed E-state index contributed by atoms with van der Waals surface area (Å²) in [5, 5.41) is -0.0922. The Balaban J connectivity index is 2.38. The van der Waals surface area contributed by atoms with Gasteiger partial charge in [0.15, 0.2) is 17.4 Å². The second-order valence-corrected chi connectivity index (χ2v) is 4.94. The van der Waals surface area contributed by atoms with Crippen molar-refractivity contribution in [3.8, 4) is 0 Å². The van der Waals surface area contributed by atoms with Gasteiger partial charge in [-0.2, -0.15) is 0 Å². The number of esters is 1. The van der Waals surface area contributed by atoms with E-state index in [0.717, 1.165) is 12.1 Å². The first-order valence-electron chi connectivity index (χ1n) is 6.79. The Morgan fingerprint density at radius 2 is 1.71 bits per heavy atom. The van der Waals surface area contributed by atoms with E-state index in [1.54, 1.807) is 6.92 Å². The van der Waals surface area contributed by atoms with Gasteiger partial charge in [-0.05, 0) is 31.9 Å². The van der Waals surface area contributed by atoms with Crippen molar-refractivity contribution in [1.82, 2.24) is 0 Å². The predicted molar refractivity (Wildman–Crippen MR) is 75.4 cm³/mol. The highest BCUT2D eigenvalue weighted by atomic mass is 35.5. The molecule has 0 aliphatic heterocycles. The topological polar surface area (TPSA) is 43.4 Å². The van der Waals surface area contributed by atoms with Crippen LogP contribution in [-0.2, 0) is 9.53 Å². The first-order chi connectivity index (χ1) is 9.95. The van der Waals surface area contributed by atoms with E-state index in [1.165, 1.54) is 0 Å². The molecule has 0 saturated carbocycles. The molecule has 0 unspecified atom stereocenters. The number of unbranched alkanes of at least 4 members (excludes halogenated alkanes) is 2. The average Bonchev–Trinajstić information content (AvgIpc) is 2.42. The molecule has 0 aliphatic carbocycles. The molecule has 0 saturated heterocycles. The molecular weight excluding hydrogens is 302 g/mol. The first-order valence-corrected chi connectivity index (χ1v) is 7.16. The SMILES string of the molecule is CCOC(=O)CCCCCC(=O)c1cc(F)c(F)cc1Cl. The van der Waals surface area contributed by atoms with Crippen LogP contribution in [0.3, 0.4) is 0 Å². The highest BCUT2D eigenvalue weighted by Crippen LogP contribution is 2.22. The number of carbonyl (C=O) groups excluding carboxylic acids is 2. The molecule has 0 spiro atoms. The molecule has 21 heavy (non-hydrogen) atoms. The fraction of sp³-hybridized carbons (Fsp3) is 0.467. The van der Waals surface area contributed by atoms with Gasteiger partial charge in [0.2, 0.25) is 0 Å². The lowest BCUT2D eigenvalue weighted by atomic mass is 10.0. The molecule has 6 heteroatoms. The summed E-state index contributed by atoms with van der Waals surface area (Å²) in [7, 11) is 0. The third kappa shape index (κ3) is 5.79. The van der Waals surface area contributed by atoms with E-state index in [-0.39, 0.29) is 28.8 Å². The number of carbonyl (C=O) groups is 2. The molecule has 0 radical (unpaired) electrons. The van der Waals surface area contributed by atoms with Crippen LogP contribution in [0.15, 0.2) is 12.1 Å². The van der Waals surface area contributed by atoms with Crippen molar-refractivity contribution in [3.05, 3.63) is 34.4 Å². The maximum absolute atomic E-state index is 13.1. The number of benzene rings is 1. The zero-order valence-corrected chi connectivity index (χ0v) is 12.5. The second-order valence-electron chi connectivity index (χ2n) is 4.54. The summed E-state index contributed by atoms with van der Waals surface area (Å²) in [6.07, 6.45) is 2.33. The summed E-state index contributed by atoms with van der Waals surface area (Å²) in [5.41, 5.74) is -0.0130. The number of rotatable bonds is 8. The van der Waals surface area contributed by atoms with Crippen molar-refractivity contribution >= 4 is 23.4 Å². The number of ether oxygens (including phenoxy) is 1. The smallest absolute Gasteiger partial charge is 0.305 e. The van der Waals surface area contributed by atoms with E-state index in [0.29, 0.717) is 32.3 Å². The number of hydrogen-bond donors (Lipinski definition) is 0. The second kappa shape index (κ2) is 8.72. The van der Waals surface area contributed by atoms with Crippen LogP contribution < -0.4 is 0 Å². The lowest BCUT2D eigenvalue weighted by molar-refractivity contribution is -0.143. The van der Waals surface area contributed by atoms with Gasteiger partial charge in [-0.1, -0.05) is 18.0 Å². The van der Waals surface area contributed by atoms with Crippen LogP contribution in [-0.4, -0.2) is 18.4 Å². The van der Waals surface area contributed by atoms with E-state index in [2.05, 4.69) is 0 Å². The molecular formula is C15H17ClF2O3. The van der Waals surface area contributed by atoms with E-state index in [1.807, 2.05) is 0 Å². The van der Waals surface area contributed by atoms with Crippen molar-refractivity contribution in [1.29, 1.82) is 0 Å². The van der Waals surface area contributed by atoms with Crippen molar-refractivity contribution in [2.45, 2.75) is 39.0 Å². The third-order valence-corrected chi connectivity index (χ3v) is 3.21. The maximum atomic E-state index is 13.1. The van der Waals surface area contributed by atoms with Crippen LogP contribution in [0.5, 0.6) is 0 Å². The summed E-state index contributed by atoms with van der Waals surface area (Å²) in [4.78, 5) is 23.0. The Hall–Kier alpha value is -1.49. The largest absolute Gasteiger partial charge is 0.466 e. The van der Waals surface area contributed by atoms with E-state index >= 15 is 0 Å². The fourth-order valence-electron chi connectivity index (χ4n) is 1.84. The van der Waals surface area contributed by atoms with Crippen LogP contribution >= 0.6 is 11.6 Å². The lowest BCUT2D eigenvalue weighted by Crippen LogP contribution is -2.04.